The van der Waals surface area contributed by atoms with Crippen molar-refractivity contribution in [3.63, 3.8) is 0 Å². The number of nitrogens with one attached hydrogen (secondary N) is 1. The number of hydrogen-bond acceptors (Lipinski definition) is 2. The summed E-state index contributed by atoms with van der Waals surface area (Å²) in [5, 5.41) is 4.04. The fraction of sp³-hybridized carbons (Fsp3) is 0.625. The van der Waals surface area contributed by atoms with E-state index >= 15 is 0 Å². The number of rotatable bonds is 4. The molecule has 0 heterocycles. The lowest BCUT2D eigenvalue weighted by Gasteiger charge is -2.47. The molecule has 0 saturated heterocycles. The van der Waals surface area contributed by atoms with E-state index in [9.17, 15) is 4.39 Å². The predicted octanol–water partition coefficient (Wildman–Crippen LogP) is 4.43. The molecular formula is C16H24ClFN2. The van der Waals surface area contributed by atoms with E-state index in [1.165, 1.54) is 18.6 Å². The molecule has 20 heavy (non-hydrogen) atoms. The fourth-order valence-corrected chi connectivity index (χ4v) is 3.72. The van der Waals surface area contributed by atoms with E-state index in [1.807, 2.05) is 0 Å². The SMILES string of the molecule is CC(C)C1CCCCC1(CN)Nc1cc(F)ccc1Cl. The molecule has 0 bridgehead atoms. The van der Waals surface area contributed by atoms with Crippen LogP contribution in [0.3, 0.4) is 0 Å². The van der Waals surface area contributed by atoms with Crippen molar-refractivity contribution in [1.82, 2.24) is 0 Å². The van der Waals surface area contributed by atoms with Crippen LogP contribution in [0.2, 0.25) is 5.02 Å². The second kappa shape index (κ2) is 6.31. The van der Waals surface area contributed by atoms with E-state index in [-0.39, 0.29) is 11.4 Å². The molecular weight excluding hydrogens is 275 g/mol. The van der Waals surface area contributed by atoms with Crippen molar-refractivity contribution in [3.05, 3.63) is 29.0 Å². The highest BCUT2D eigenvalue weighted by Crippen LogP contribution is 2.41. The second-order valence-electron chi connectivity index (χ2n) is 6.21. The summed E-state index contributed by atoms with van der Waals surface area (Å²) in [4.78, 5) is 0. The topological polar surface area (TPSA) is 38.0 Å². The van der Waals surface area contributed by atoms with Crippen LogP contribution >= 0.6 is 11.6 Å². The van der Waals surface area contributed by atoms with Gasteiger partial charge in [0, 0.05) is 6.54 Å². The predicted molar refractivity (Wildman–Crippen MR) is 83.6 cm³/mol. The third-order valence-electron chi connectivity index (χ3n) is 4.58. The number of nitrogens with two attached hydrogens (primary N) is 1. The smallest absolute Gasteiger partial charge is 0.125 e. The van der Waals surface area contributed by atoms with Crippen LogP contribution < -0.4 is 11.1 Å². The van der Waals surface area contributed by atoms with Crippen LogP contribution in [0.1, 0.15) is 39.5 Å². The molecule has 1 saturated carbocycles. The average molecular weight is 299 g/mol. The van der Waals surface area contributed by atoms with E-state index in [0.29, 0.717) is 29.1 Å². The molecule has 1 aromatic carbocycles. The number of halogens is 2. The van der Waals surface area contributed by atoms with Gasteiger partial charge in [-0.3, -0.25) is 0 Å². The summed E-state index contributed by atoms with van der Waals surface area (Å²) in [6.45, 7) is 5.01. The number of anilines is 1. The molecule has 1 fully saturated rings. The van der Waals surface area contributed by atoms with Gasteiger partial charge in [0.2, 0.25) is 0 Å². The van der Waals surface area contributed by atoms with E-state index in [1.54, 1.807) is 6.07 Å². The van der Waals surface area contributed by atoms with Crippen LogP contribution in [0.15, 0.2) is 18.2 Å². The quantitative estimate of drug-likeness (QED) is 0.862. The van der Waals surface area contributed by atoms with Crippen molar-refractivity contribution >= 4 is 17.3 Å². The molecule has 0 aromatic heterocycles. The first-order valence-electron chi connectivity index (χ1n) is 7.42. The summed E-state index contributed by atoms with van der Waals surface area (Å²) in [6.07, 6.45) is 4.57. The first kappa shape index (κ1) is 15.6. The Morgan fingerprint density at radius 1 is 1.45 bits per heavy atom. The van der Waals surface area contributed by atoms with E-state index in [4.69, 9.17) is 17.3 Å². The number of benzene rings is 1. The molecule has 2 rings (SSSR count). The molecule has 1 aliphatic carbocycles. The standard InChI is InChI=1S/C16H24ClFN2/c1-11(2)13-5-3-4-8-16(13,10-19)20-15-9-12(18)6-7-14(15)17/h6-7,9,11,13,20H,3-5,8,10,19H2,1-2H3. The minimum Gasteiger partial charge on any atom is -0.377 e. The van der Waals surface area contributed by atoms with Crippen LogP contribution in [0, 0.1) is 17.7 Å². The third-order valence-corrected chi connectivity index (χ3v) is 4.91. The fourth-order valence-electron chi connectivity index (χ4n) is 3.56. The minimum atomic E-state index is -0.277. The molecule has 0 amide bonds. The highest BCUT2D eigenvalue weighted by atomic mass is 35.5. The van der Waals surface area contributed by atoms with Crippen molar-refractivity contribution < 1.29 is 4.39 Å². The van der Waals surface area contributed by atoms with E-state index < -0.39 is 0 Å². The molecule has 0 aliphatic heterocycles. The Kier molecular flexibility index (Phi) is 4.92. The molecule has 4 heteroatoms. The summed E-state index contributed by atoms with van der Waals surface area (Å²) in [5.74, 6) is 0.750. The lowest BCUT2D eigenvalue weighted by molar-refractivity contribution is 0.166. The van der Waals surface area contributed by atoms with Gasteiger partial charge in [0.1, 0.15) is 5.82 Å². The Balaban J connectivity index is 2.32. The Hall–Kier alpha value is -0.800. The maximum atomic E-state index is 13.5. The summed E-state index contributed by atoms with van der Waals surface area (Å²) < 4.78 is 13.5. The monoisotopic (exact) mass is 298 g/mol. The summed E-state index contributed by atoms with van der Waals surface area (Å²) >= 11 is 6.19. The van der Waals surface area contributed by atoms with Crippen LogP contribution in [-0.4, -0.2) is 12.1 Å². The molecule has 112 valence electrons. The van der Waals surface area contributed by atoms with Gasteiger partial charge in [-0.25, -0.2) is 4.39 Å². The summed E-state index contributed by atoms with van der Waals surface area (Å²) in [6, 6.07) is 4.44. The Morgan fingerprint density at radius 3 is 2.85 bits per heavy atom. The highest BCUT2D eigenvalue weighted by Gasteiger charge is 2.41. The van der Waals surface area contributed by atoms with Gasteiger partial charge in [-0.15, -0.1) is 0 Å². The normalized spacial score (nSPS) is 26.8. The van der Waals surface area contributed by atoms with Crippen molar-refractivity contribution in [2.24, 2.45) is 17.6 Å². The van der Waals surface area contributed by atoms with Gasteiger partial charge >= 0.3 is 0 Å². The van der Waals surface area contributed by atoms with Crippen LogP contribution in [0.5, 0.6) is 0 Å². The van der Waals surface area contributed by atoms with Gasteiger partial charge in [-0.2, -0.15) is 0 Å². The first-order chi connectivity index (χ1) is 9.48. The van der Waals surface area contributed by atoms with Gasteiger partial charge in [0.05, 0.1) is 16.2 Å². The van der Waals surface area contributed by atoms with Crippen LogP contribution in [0.4, 0.5) is 10.1 Å². The van der Waals surface area contributed by atoms with E-state index in [0.717, 1.165) is 19.3 Å². The van der Waals surface area contributed by atoms with Crippen LogP contribution in [-0.2, 0) is 0 Å². The van der Waals surface area contributed by atoms with Crippen LogP contribution in [0.25, 0.3) is 0 Å². The molecule has 0 spiro atoms. The van der Waals surface area contributed by atoms with Gasteiger partial charge < -0.3 is 11.1 Å². The zero-order valence-corrected chi connectivity index (χ0v) is 13.0. The van der Waals surface area contributed by atoms with Crippen molar-refractivity contribution in [3.8, 4) is 0 Å². The molecule has 2 nitrogen and oxygen atoms in total. The first-order valence-corrected chi connectivity index (χ1v) is 7.79. The summed E-state index contributed by atoms with van der Waals surface area (Å²) in [7, 11) is 0. The third kappa shape index (κ3) is 3.09. The Morgan fingerprint density at radius 2 is 2.20 bits per heavy atom. The molecule has 0 radical (unpaired) electrons. The van der Waals surface area contributed by atoms with Crippen molar-refractivity contribution in [2.75, 3.05) is 11.9 Å². The molecule has 1 aliphatic rings. The molecule has 2 unspecified atom stereocenters. The molecule has 1 aromatic rings. The van der Waals surface area contributed by atoms with Crippen molar-refractivity contribution in [1.29, 1.82) is 0 Å². The van der Waals surface area contributed by atoms with Gasteiger partial charge in [0.25, 0.3) is 0 Å². The zero-order chi connectivity index (χ0) is 14.8. The Bertz CT molecular complexity index is 464. The largest absolute Gasteiger partial charge is 0.377 e. The Labute approximate surface area is 125 Å². The maximum Gasteiger partial charge on any atom is 0.125 e. The van der Waals surface area contributed by atoms with Gasteiger partial charge in [-0.05, 0) is 42.9 Å². The van der Waals surface area contributed by atoms with Gasteiger partial charge in [0.15, 0.2) is 0 Å². The summed E-state index contributed by atoms with van der Waals surface area (Å²) in [5.41, 5.74) is 6.58. The molecule has 2 atom stereocenters. The average Bonchev–Trinajstić information content (AvgIpc) is 2.43. The zero-order valence-electron chi connectivity index (χ0n) is 12.3. The van der Waals surface area contributed by atoms with Crippen molar-refractivity contribution in [2.45, 2.75) is 45.1 Å². The minimum absolute atomic E-state index is 0.177. The lowest BCUT2D eigenvalue weighted by atomic mass is 9.67. The second-order valence-corrected chi connectivity index (χ2v) is 6.61. The lowest BCUT2D eigenvalue weighted by Crippen LogP contribution is -2.55. The highest BCUT2D eigenvalue weighted by molar-refractivity contribution is 6.33. The maximum absolute atomic E-state index is 13.5. The molecule has 3 N–H and O–H groups in total. The van der Waals surface area contributed by atoms with Gasteiger partial charge in [-0.1, -0.05) is 38.3 Å². The van der Waals surface area contributed by atoms with E-state index in [2.05, 4.69) is 19.2 Å². The number of hydrogen-bond donors (Lipinski definition) is 2.